The molecule has 702 valence electrons. The summed E-state index contributed by atoms with van der Waals surface area (Å²) >= 11 is 0. The summed E-state index contributed by atoms with van der Waals surface area (Å²) in [5.74, 6) is -4.20. The third-order valence-electron chi connectivity index (χ3n) is 17.1. The van der Waals surface area contributed by atoms with Gasteiger partial charge in [-0.05, 0) is 130 Å². The number of rotatable bonds is 79. The van der Waals surface area contributed by atoms with Gasteiger partial charge in [0.25, 0.3) is 5.91 Å². The molecule has 36 heteroatoms. The smallest absolute Gasteiger partial charge is 0.338 e. The number of aryl methyl sites for hydroxylation is 4. The average Bonchev–Trinajstić information content (AvgIpc) is 0.798. The Morgan fingerprint density at radius 3 is 0.758 bits per heavy atom. The van der Waals surface area contributed by atoms with Crippen LogP contribution in [-0.4, -0.2) is 378 Å². The highest BCUT2D eigenvalue weighted by Gasteiger charge is 2.40. The first kappa shape index (κ1) is 108. The topological polar surface area (TPSA) is 370 Å². The van der Waals surface area contributed by atoms with Crippen molar-refractivity contribution in [3.8, 4) is 34.5 Å². The molecule has 0 unspecified atom stereocenters. The zero-order valence-corrected chi connectivity index (χ0v) is 75.0. The van der Waals surface area contributed by atoms with Crippen molar-refractivity contribution < 1.29 is 157 Å². The van der Waals surface area contributed by atoms with E-state index in [1.54, 1.807) is 52.7 Å². The van der Waals surface area contributed by atoms with Crippen LogP contribution in [0.2, 0.25) is 0 Å². The van der Waals surface area contributed by atoms with Crippen molar-refractivity contribution in [3.05, 3.63) is 105 Å². The minimum Gasteiger partial charge on any atom is -0.487 e. The zero-order chi connectivity index (χ0) is 89.9. The number of hydrogen-bond acceptors (Lipinski definition) is 35. The van der Waals surface area contributed by atoms with Gasteiger partial charge in [0.15, 0.2) is 23.0 Å². The van der Waals surface area contributed by atoms with Crippen molar-refractivity contribution in [2.75, 3.05) is 327 Å². The summed E-state index contributed by atoms with van der Waals surface area (Å²) in [4.78, 5) is 88.7. The molecule has 124 heavy (non-hydrogen) atoms. The van der Waals surface area contributed by atoms with Crippen LogP contribution in [0.25, 0.3) is 0 Å². The van der Waals surface area contributed by atoms with E-state index >= 15 is 9.59 Å². The second-order valence-corrected chi connectivity index (χ2v) is 28.5. The number of esters is 5. The van der Waals surface area contributed by atoms with Crippen molar-refractivity contribution in [2.24, 2.45) is 0 Å². The fraction of sp³-hybridized carbons (Fsp3) is 0.659. The van der Waals surface area contributed by atoms with Crippen LogP contribution in [0.1, 0.15) is 89.4 Å². The van der Waals surface area contributed by atoms with Gasteiger partial charge in [-0.2, -0.15) is 0 Å². The van der Waals surface area contributed by atoms with E-state index < -0.39 is 49.2 Å². The minimum atomic E-state index is -2.18. The quantitative estimate of drug-likeness (QED) is 0.0270. The van der Waals surface area contributed by atoms with E-state index in [1.165, 1.54) is 24.3 Å². The van der Waals surface area contributed by atoms with E-state index in [9.17, 15) is 19.2 Å². The van der Waals surface area contributed by atoms with Crippen LogP contribution in [-0.2, 0) is 109 Å². The fourth-order valence-electron chi connectivity index (χ4n) is 11.1. The minimum absolute atomic E-state index is 0.00347. The van der Waals surface area contributed by atoms with Gasteiger partial charge in [0.05, 0.1) is 202 Å². The predicted molar refractivity (Wildman–Crippen MR) is 454 cm³/mol. The third-order valence-corrected chi connectivity index (χ3v) is 17.1. The number of nitrogens with zero attached hydrogens (tertiary/aromatic N) is 2. The number of ether oxygens (including phenoxy) is 27. The normalized spacial score (nSPS) is 11.4. The molecule has 0 radical (unpaired) electrons. The molecule has 0 aromatic heterocycles. The Bertz CT molecular complexity index is 3400. The van der Waals surface area contributed by atoms with Crippen molar-refractivity contribution in [1.82, 2.24) is 15.1 Å². The third kappa shape index (κ3) is 50.8. The van der Waals surface area contributed by atoms with E-state index in [0.717, 1.165) is 35.3 Å². The van der Waals surface area contributed by atoms with Gasteiger partial charge in [-0.25, -0.2) is 14.4 Å². The molecule has 4 rings (SSSR count). The van der Waals surface area contributed by atoms with E-state index in [0.29, 0.717) is 72.1 Å². The van der Waals surface area contributed by atoms with Crippen molar-refractivity contribution in [3.63, 3.8) is 0 Å². The Kier molecular flexibility index (Phi) is 60.1. The van der Waals surface area contributed by atoms with E-state index in [4.69, 9.17) is 128 Å². The van der Waals surface area contributed by atoms with Crippen LogP contribution in [0.15, 0.2) is 60.7 Å². The molecule has 0 aliphatic rings. The molecular formula is C88H137N3O33. The number of carbonyl (C=O) groups excluding carboxylic acids is 6. The highest BCUT2D eigenvalue weighted by Crippen LogP contribution is 2.41. The summed E-state index contributed by atoms with van der Waals surface area (Å²) < 4.78 is 157. The maximum Gasteiger partial charge on any atom is 0.338 e. The fourth-order valence-corrected chi connectivity index (χ4v) is 11.1. The molecule has 4 aromatic rings. The van der Waals surface area contributed by atoms with Crippen LogP contribution < -0.4 is 33.7 Å². The van der Waals surface area contributed by atoms with Gasteiger partial charge in [0, 0.05) is 46.8 Å². The molecule has 0 aliphatic heterocycles. The lowest BCUT2D eigenvalue weighted by molar-refractivity contribution is -0.146. The van der Waals surface area contributed by atoms with Crippen molar-refractivity contribution in [1.29, 1.82) is 0 Å². The van der Waals surface area contributed by atoms with Crippen LogP contribution in [0.4, 0.5) is 0 Å². The Labute approximate surface area is 730 Å². The monoisotopic (exact) mass is 1760 g/mol. The summed E-state index contributed by atoms with van der Waals surface area (Å²) in [6, 6.07) is 15.7. The molecule has 0 heterocycles. The first-order valence-corrected chi connectivity index (χ1v) is 41.8. The molecule has 0 atom stereocenters. The van der Waals surface area contributed by atoms with E-state index in [1.807, 2.05) is 77.8 Å². The molecule has 36 nitrogen and oxygen atoms in total. The Morgan fingerprint density at radius 1 is 0.274 bits per heavy atom. The first-order chi connectivity index (χ1) is 60.2. The van der Waals surface area contributed by atoms with Gasteiger partial charge in [0.2, 0.25) is 11.5 Å². The Morgan fingerprint density at radius 2 is 0.500 bits per heavy atom. The van der Waals surface area contributed by atoms with Gasteiger partial charge in [0.1, 0.15) is 78.2 Å². The van der Waals surface area contributed by atoms with Crippen molar-refractivity contribution >= 4 is 35.8 Å². The summed E-state index contributed by atoms with van der Waals surface area (Å²) in [5.41, 5.74) is 0.755. The summed E-state index contributed by atoms with van der Waals surface area (Å²) in [6.45, 7) is 12.1. The maximum atomic E-state index is 15.8. The Balaban J connectivity index is 1.87. The van der Waals surface area contributed by atoms with Gasteiger partial charge < -0.3 is 143 Å². The molecule has 0 fully saturated rings. The van der Waals surface area contributed by atoms with E-state index in [2.05, 4.69) is 5.32 Å². The Hall–Kier alpha value is -8.22. The molecule has 0 bridgehead atoms. The van der Waals surface area contributed by atoms with Gasteiger partial charge in [-0.3, -0.25) is 14.4 Å². The molecule has 0 spiro atoms. The number of carbonyl (C=O) groups is 6. The van der Waals surface area contributed by atoms with Crippen LogP contribution in [0, 0.1) is 27.7 Å². The highest BCUT2D eigenvalue weighted by atomic mass is 16.6. The zero-order valence-electron chi connectivity index (χ0n) is 75.0. The first-order valence-electron chi connectivity index (χ1n) is 41.8. The van der Waals surface area contributed by atoms with Gasteiger partial charge in [-0.15, -0.1) is 0 Å². The SMILES string of the molecule is COCCOCCOCCOc1cc(C(=O)NC(COC(=O)c2cc(C)cc(C)c2)(COC(=O)c2cc(C)cc(C)c2)COC(=O)c2cc(OCCOCCOCCOC)c(OCCOCCOCCOC(=O)CCCN(C)C)c(OCCOCCOCCOC(=O)CCCN(C)C)c2)cc(OCCOCCOCCOC)c1OCCOCCOCCOC. The number of nitrogens with one attached hydrogen (secondary N) is 1. The number of hydrogen-bond donors (Lipinski definition) is 1. The van der Waals surface area contributed by atoms with Crippen LogP contribution in [0.3, 0.4) is 0 Å². The summed E-state index contributed by atoms with van der Waals surface area (Å²) in [5, 5.41) is 2.97. The molecule has 1 N–H and O–H groups in total. The molecule has 0 saturated heterocycles. The van der Waals surface area contributed by atoms with Crippen molar-refractivity contribution in [2.45, 2.75) is 58.9 Å². The summed E-state index contributed by atoms with van der Waals surface area (Å²) in [6.07, 6.45) is 1.91. The standard InChI is InChI=1S/C88H137N3O33/c1-68-55-69(2)58-73(57-68)85(95)122-65-88(66-123-86(96)74-59-70(3)56-71(4)60-74,89-84(94)72-61-76(114-47-39-106-31-27-102-23-19-98-9)82(120-53-45-112-34-30-105-26-22-101-12)77(62-72)115-48-40-107-32-28-103-24-20-99-10)67-124-87(97)75-63-78(116-49-41-108-33-29-104-25-21-100-11)83(121-54-46-113-38-37-111-44-52-119-81(93)16-14-18-91(7)8)79(64-75)117-50-42-109-35-36-110-43-51-118-80(92)15-13-17-90(5)6/h55-64H,13-54,65-67H2,1-12H3,(H,89,94). The summed E-state index contributed by atoms with van der Waals surface area (Å²) in [7, 11) is 14.0. The lowest BCUT2D eigenvalue weighted by Crippen LogP contribution is -2.59. The average molecular weight is 1770 g/mol. The number of benzene rings is 4. The molecule has 1 amide bonds. The van der Waals surface area contributed by atoms with Gasteiger partial charge >= 0.3 is 29.8 Å². The maximum absolute atomic E-state index is 15.8. The lowest BCUT2D eigenvalue weighted by atomic mass is 10.0. The highest BCUT2D eigenvalue weighted by molar-refractivity contribution is 5.97. The second-order valence-electron chi connectivity index (χ2n) is 28.5. The molecular weight excluding hydrogens is 1630 g/mol. The second kappa shape index (κ2) is 69.0. The van der Waals surface area contributed by atoms with Gasteiger partial charge in [-0.1, -0.05) is 34.4 Å². The number of methoxy groups -OCH3 is 4. The lowest BCUT2D eigenvalue weighted by Gasteiger charge is -2.33. The molecule has 4 aromatic carbocycles. The van der Waals surface area contributed by atoms with Crippen LogP contribution >= 0.6 is 0 Å². The molecule has 0 saturated carbocycles. The predicted octanol–water partition coefficient (Wildman–Crippen LogP) is 6.79. The van der Waals surface area contributed by atoms with Crippen LogP contribution in [0.5, 0.6) is 34.5 Å². The number of amides is 1. The largest absolute Gasteiger partial charge is 0.487 e. The van der Waals surface area contributed by atoms with E-state index in [-0.39, 0.29) is 260 Å². The molecule has 0 aliphatic carbocycles.